The number of nitrogens with one attached hydrogen (secondary N) is 3. The number of ether oxygens (including phenoxy) is 8. The van der Waals surface area contributed by atoms with Gasteiger partial charge >= 0.3 is 6.18 Å². The van der Waals surface area contributed by atoms with Gasteiger partial charge in [-0.1, -0.05) is 24.6 Å². The first-order valence-corrected chi connectivity index (χ1v) is 27.3. The molecule has 1 aliphatic heterocycles. The molecule has 0 aliphatic carbocycles. The van der Waals surface area contributed by atoms with Gasteiger partial charge in [-0.15, -0.1) is 0 Å². The molecule has 80 heavy (non-hydrogen) atoms. The van der Waals surface area contributed by atoms with Crippen LogP contribution in [0.4, 0.5) is 24.5 Å². The van der Waals surface area contributed by atoms with Gasteiger partial charge in [-0.25, -0.2) is 0 Å². The molecule has 5 rings (SSSR count). The largest absolute Gasteiger partial charge is 0.416 e. The molecule has 19 nitrogen and oxygen atoms in total. The van der Waals surface area contributed by atoms with Crippen molar-refractivity contribution >= 4 is 35.0 Å². The van der Waals surface area contributed by atoms with Crippen LogP contribution < -0.4 is 20.9 Å². The molecule has 1 aromatic heterocycles. The van der Waals surface area contributed by atoms with Crippen molar-refractivity contribution in [3.05, 3.63) is 113 Å². The standard InChI is InChI=1S/C58H80F3N7O12/c1-5-67(6-2)49-16-17-51(50(42-49)52-41-46(18-19-62-52)54(69)64-43-44-11-9-14-48(39-44)58(59,60)61)65-55(70)45-12-10-13-47(40-45)57(72)66(3)22-23-68-21-8-7-15-53(68)56(71)63-20-24-74-27-28-76-31-32-78-35-36-80-38-37-79-34-33-77-30-29-75-26-25-73-4/h9-14,16-19,39-42,53H,5-8,15,20-38,43H2,1-4H3,(H,63,71)(H,64,69)(H,65,70). The third-order valence-corrected chi connectivity index (χ3v) is 13.0. The highest BCUT2D eigenvalue weighted by molar-refractivity contribution is 6.08. The number of likely N-dealkylation sites (N-methyl/N-ethyl adjacent to an activating group) is 1. The Hall–Kier alpha value is -6.08. The molecule has 1 atom stereocenters. The Morgan fingerprint density at radius 2 is 1.25 bits per heavy atom. The Labute approximate surface area is 468 Å². The van der Waals surface area contributed by atoms with Gasteiger partial charge in [0.2, 0.25) is 5.91 Å². The first-order chi connectivity index (χ1) is 38.8. The van der Waals surface area contributed by atoms with Crippen molar-refractivity contribution in [1.82, 2.24) is 25.4 Å². The van der Waals surface area contributed by atoms with Crippen molar-refractivity contribution in [2.45, 2.75) is 51.9 Å². The first kappa shape index (κ1) is 64.7. The van der Waals surface area contributed by atoms with Gasteiger partial charge in [-0.05, 0) is 99.5 Å². The number of anilines is 2. The van der Waals surface area contributed by atoms with Crippen molar-refractivity contribution in [2.24, 2.45) is 0 Å². The van der Waals surface area contributed by atoms with Crippen LogP contribution in [0.25, 0.3) is 11.3 Å². The Morgan fingerprint density at radius 3 is 1.86 bits per heavy atom. The van der Waals surface area contributed by atoms with Crippen LogP contribution in [0.15, 0.2) is 85.1 Å². The SMILES string of the molecule is CCN(CC)c1ccc(NC(=O)c2cccc(C(=O)N(C)CCN3CCCCC3C(=O)NCCOCCOCCOCCOCCOCCOCCOCCOC)c2)c(-c2cc(C(=O)NCc3cccc(C(F)(F)F)c3)ccn2)c1. The highest BCUT2D eigenvalue weighted by atomic mass is 19.4. The topological polar surface area (TPSA) is 201 Å². The lowest BCUT2D eigenvalue weighted by Gasteiger charge is -2.35. The number of alkyl halides is 3. The predicted octanol–water partition coefficient (Wildman–Crippen LogP) is 6.60. The molecule has 2 heterocycles. The van der Waals surface area contributed by atoms with E-state index in [-0.39, 0.29) is 41.1 Å². The molecular weight excluding hydrogens is 1040 g/mol. The first-order valence-electron chi connectivity index (χ1n) is 27.3. The fourth-order valence-corrected chi connectivity index (χ4v) is 8.57. The molecule has 3 N–H and O–H groups in total. The van der Waals surface area contributed by atoms with E-state index in [0.717, 1.165) is 30.7 Å². The zero-order valence-electron chi connectivity index (χ0n) is 46.7. The second-order valence-electron chi connectivity index (χ2n) is 18.6. The van der Waals surface area contributed by atoms with Crippen LogP contribution in [0, 0.1) is 0 Å². The van der Waals surface area contributed by atoms with Crippen LogP contribution in [0.3, 0.4) is 0 Å². The van der Waals surface area contributed by atoms with Gasteiger partial charge in [0.25, 0.3) is 17.7 Å². The number of hydrogen-bond donors (Lipinski definition) is 3. The lowest BCUT2D eigenvalue weighted by Crippen LogP contribution is -2.52. The van der Waals surface area contributed by atoms with Crippen molar-refractivity contribution in [3.8, 4) is 11.3 Å². The predicted molar refractivity (Wildman–Crippen MR) is 297 cm³/mol. The van der Waals surface area contributed by atoms with E-state index in [2.05, 4.69) is 30.7 Å². The smallest absolute Gasteiger partial charge is 0.382 e. The average molecular weight is 1120 g/mol. The number of benzene rings is 3. The fraction of sp³-hybridized carbons (Fsp3) is 0.534. The summed E-state index contributed by atoms with van der Waals surface area (Å²) in [5.74, 6) is -1.38. The number of aromatic nitrogens is 1. The van der Waals surface area contributed by atoms with Gasteiger partial charge in [-0.2, -0.15) is 13.2 Å². The molecule has 4 amide bonds. The van der Waals surface area contributed by atoms with Crippen molar-refractivity contribution in [1.29, 1.82) is 0 Å². The fourth-order valence-electron chi connectivity index (χ4n) is 8.57. The average Bonchev–Trinajstić information content (AvgIpc) is 3.48. The van der Waals surface area contributed by atoms with Crippen LogP contribution in [0.2, 0.25) is 0 Å². The number of carbonyl (C=O) groups excluding carboxylic acids is 4. The van der Waals surface area contributed by atoms with Crippen LogP contribution >= 0.6 is 0 Å². The second-order valence-corrected chi connectivity index (χ2v) is 18.6. The number of amides is 4. The second kappa shape index (κ2) is 36.3. The van der Waals surface area contributed by atoms with Gasteiger partial charge < -0.3 is 63.6 Å². The molecule has 0 saturated carbocycles. The Morgan fingerprint density at radius 1 is 0.662 bits per heavy atom. The molecular formula is C58H80F3N7O12. The summed E-state index contributed by atoms with van der Waals surface area (Å²) in [4.78, 5) is 64.8. The minimum atomic E-state index is -4.52. The number of hydrogen-bond acceptors (Lipinski definition) is 15. The summed E-state index contributed by atoms with van der Waals surface area (Å²) < 4.78 is 83.4. The molecule has 1 aliphatic rings. The van der Waals surface area contributed by atoms with Gasteiger partial charge in [0.15, 0.2) is 0 Å². The van der Waals surface area contributed by atoms with Gasteiger partial charge in [0.05, 0.1) is 122 Å². The number of rotatable bonds is 38. The van der Waals surface area contributed by atoms with E-state index in [4.69, 9.17) is 37.9 Å². The maximum atomic E-state index is 14.0. The van der Waals surface area contributed by atoms with E-state index in [1.165, 1.54) is 30.5 Å². The van der Waals surface area contributed by atoms with Gasteiger partial charge in [-0.3, -0.25) is 29.1 Å². The Bertz CT molecular complexity index is 2490. The van der Waals surface area contributed by atoms with Gasteiger partial charge in [0.1, 0.15) is 0 Å². The van der Waals surface area contributed by atoms with Crippen molar-refractivity contribution in [2.75, 3.05) is 163 Å². The molecule has 0 spiro atoms. The number of piperidine rings is 1. The Kier molecular flexibility index (Phi) is 29.4. The van der Waals surface area contributed by atoms with Crippen LogP contribution in [0.5, 0.6) is 0 Å². The third-order valence-electron chi connectivity index (χ3n) is 13.0. The monoisotopic (exact) mass is 1120 g/mol. The zero-order valence-corrected chi connectivity index (χ0v) is 46.7. The highest BCUT2D eigenvalue weighted by Crippen LogP contribution is 2.33. The molecule has 1 unspecified atom stereocenters. The molecule has 1 fully saturated rings. The summed E-state index contributed by atoms with van der Waals surface area (Å²) >= 11 is 0. The van der Waals surface area contributed by atoms with Crippen LogP contribution in [-0.2, 0) is 55.4 Å². The Balaban J connectivity index is 1.01. The van der Waals surface area contributed by atoms with E-state index in [1.54, 1.807) is 49.4 Å². The summed E-state index contributed by atoms with van der Waals surface area (Å²) in [6.45, 7) is 14.1. The summed E-state index contributed by atoms with van der Waals surface area (Å²) in [7, 11) is 3.32. The summed E-state index contributed by atoms with van der Waals surface area (Å²) in [6.07, 6.45) is -0.515. The minimum Gasteiger partial charge on any atom is -0.382 e. The van der Waals surface area contributed by atoms with E-state index in [0.29, 0.717) is 167 Å². The number of pyridine rings is 1. The number of halogens is 3. The molecule has 0 radical (unpaired) electrons. The number of carbonyl (C=O) groups is 4. The third kappa shape index (κ3) is 22.8. The van der Waals surface area contributed by atoms with E-state index in [9.17, 15) is 32.3 Å². The quantitative estimate of drug-likeness (QED) is 0.0405. The maximum Gasteiger partial charge on any atom is 0.416 e. The lowest BCUT2D eigenvalue weighted by atomic mass is 10.0. The lowest BCUT2D eigenvalue weighted by molar-refractivity contribution is -0.137. The summed E-state index contributed by atoms with van der Waals surface area (Å²) in [6, 6.07) is 19.4. The summed E-state index contributed by atoms with van der Waals surface area (Å²) in [5.41, 5.74) is 2.38. The van der Waals surface area contributed by atoms with Crippen LogP contribution in [0.1, 0.15) is 75.3 Å². The van der Waals surface area contributed by atoms with E-state index < -0.39 is 23.6 Å². The number of likely N-dealkylation sites (tertiary alicyclic amines) is 1. The molecule has 22 heteroatoms. The number of nitrogens with zero attached hydrogens (tertiary/aromatic N) is 4. The molecule has 4 aromatic rings. The molecule has 3 aromatic carbocycles. The summed E-state index contributed by atoms with van der Waals surface area (Å²) in [5, 5.41) is 8.67. The minimum absolute atomic E-state index is 0.0840. The van der Waals surface area contributed by atoms with Gasteiger partial charge in [0, 0.05) is 87.6 Å². The van der Waals surface area contributed by atoms with Crippen LogP contribution in [-0.4, -0.2) is 197 Å². The normalized spacial score (nSPS) is 13.7. The highest BCUT2D eigenvalue weighted by Gasteiger charge is 2.31. The maximum absolute atomic E-state index is 14.0. The molecule has 440 valence electrons. The van der Waals surface area contributed by atoms with E-state index >= 15 is 0 Å². The van der Waals surface area contributed by atoms with Crippen molar-refractivity contribution in [3.63, 3.8) is 0 Å². The molecule has 1 saturated heterocycles. The zero-order chi connectivity index (χ0) is 57.4. The van der Waals surface area contributed by atoms with Crippen molar-refractivity contribution < 1.29 is 70.2 Å². The molecule has 0 bridgehead atoms. The number of methoxy groups -OCH3 is 1. The van der Waals surface area contributed by atoms with E-state index in [1.807, 2.05) is 26.0 Å².